The zero-order valence-electron chi connectivity index (χ0n) is 21.6. The highest BCUT2D eigenvalue weighted by atomic mass is 16.3. The molecule has 0 heterocycles. The van der Waals surface area contributed by atoms with E-state index in [-0.39, 0.29) is 58.8 Å². The predicted octanol–water partition coefficient (Wildman–Crippen LogP) is 5.18. The minimum atomic E-state index is -0.756. The molecule has 0 aromatic heterocycles. The Kier molecular flexibility index (Phi) is 7.22. The predicted molar refractivity (Wildman–Crippen MR) is 131 cm³/mol. The van der Waals surface area contributed by atoms with Gasteiger partial charge in [0.2, 0.25) is 0 Å². The van der Waals surface area contributed by atoms with Gasteiger partial charge >= 0.3 is 0 Å². The quantitative estimate of drug-likeness (QED) is 0.388. The summed E-state index contributed by atoms with van der Waals surface area (Å²) >= 11 is 0. The first-order chi connectivity index (χ1) is 16.2. The van der Waals surface area contributed by atoms with Crippen molar-refractivity contribution in [3.05, 3.63) is 16.7 Å². The van der Waals surface area contributed by atoms with Crippen LogP contribution in [0.5, 0.6) is 17.2 Å². The summed E-state index contributed by atoms with van der Waals surface area (Å²) < 4.78 is 0. The van der Waals surface area contributed by atoms with Crippen molar-refractivity contribution in [3.63, 3.8) is 0 Å². The Morgan fingerprint density at radius 3 is 2.03 bits per heavy atom. The number of carbonyl (C=O) groups is 4. The molecule has 7 heteroatoms. The molecule has 0 aliphatic heterocycles. The van der Waals surface area contributed by atoms with Crippen molar-refractivity contribution >= 4 is 24.1 Å². The Hall–Kier alpha value is -2.70. The highest BCUT2D eigenvalue weighted by Gasteiger charge is 2.67. The molecule has 3 rings (SSSR count). The number of rotatable bonds is 10. The van der Waals surface area contributed by atoms with E-state index in [0.29, 0.717) is 32.1 Å². The first kappa shape index (κ1) is 26.9. The second-order valence-corrected chi connectivity index (χ2v) is 11.8. The molecule has 0 saturated heterocycles. The summed E-state index contributed by atoms with van der Waals surface area (Å²) in [6.07, 6.45) is 3.11. The molecule has 5 atom stereocenters. The second kappa shape index (κ2) is 9.40. The number of hydrogen-bond donors (Lipinski definition) is 3. The zero-order chi connectivity index (χ0) is 26.5. The molecule has 3 N–H and O–H groups in total. The van der Waals surface area contributed by atoms with Gasteiger partial charge in [0.05, 0.1) is 11.1 Å². The highest BCUT2D eigenvalue weighted by molar-refractivity contribution is 5.95. The van der Waals surface area contributed by atoms with Crippen molar-refractivity contribution in [1.82, 2.24) is 0 Å². The first-order valence-electron chi connectivity index (χ1n) is 12.5. The van der Waals surface area contributed by atoms with Crippen molar-refractivity contribution in [3.8, 4) is 17.2 Å². The molecule has 35 heavy (non-hydrogen) atoms. The normalized spacial score (nSPS) is 28.2. The van der Waals surface area contributed by atoms with Crippen molar-refractivity contribution in [2.24, 2.45) is 34.5 Å². The van der Waals surface area contributed by atoms with Crippen LogP contribution >= 0.6 is 0 Å². The molecule has 0 unspecified atom stereocenters. The average molecular weight is 487 g/mol. The lowest BCUT2D eigenvalue weighted by molar-refractivity contribution is -0.123. The number of benzene rings is 1. The number of ketones is 2. The van der Waals surface area contributed by atoms with Crippen LogP contribution in [-0.4, -0.2) is 39.5 Å². The van der Waals surface area contributed by atoms with E-state index < -0.39 is 39.7 Å². The number of aromatic hydroxyl groups is 3. The fourth-order valence-corrected chi connectivity index (χ4v) is 6.94. The van der Waals surface area contributed by atoms with Crippen molar-refractivity contribution in [1.29, 1.82) is 0 Å². The van der Waals surface area contributed by atoms with E-state index in [1.165, 1.54) is 0 Å². The van der Waals surface area contributed by atoms with Crippen LogP contribution in [0.25, 0.3) is 0 Å². The topological polar surface area (TPSA) is 129 Å². The van der Waals surface area contributed by atoms with Gasteiger partial charge in [-0.15, -0.1) is 0 Å². The van der Waals surface area contributed by atoms with Crippen LogP contribution in [-0.2, 0) is 9.59 Å². The van der Waals surface area contributed by atoms with E-state index in [4.69, 9.17) is 0 Å². The van der Waals surface area contributed by atoms with E-state index in [0.717, 1.165) is 0 Å². The molecule has 0 spiro atoms. The summed E-state index contributed by atoms with van der Waals surface area (Å²) in [5, 5.41) is 32.4. The van der Waals surface area contributed by atoms with Gasteiger partial charge in [0.1, 0.15) is 28.8 Å². The Labute approximate surface area is 206 Å². The third-order valence-electron chi connectivity index (χ3n) is 8.89. The zero-order valence-corrected chi connectivity index (χ0v) is 21.6. The number of hydrogen-bond acceptors (Lipinski definition) is 7. The van der Waals surface area contributed by atoms with Crippen LogP contribution in [0.4, 0.5) is 0 Å². The molecule has 192 valence electrons. The van der Waals surface area contributed by atoms with Gasteiger partial charge in [0.15, 0.2) is 12.6 Å². The maximum Gasteiger partial charge on any atom is 0.157 e. The van der Waals surface area contributed by atoms with E-state index in [9.17, 15) is 34.5 Å². The summed E-state index contributed by atoms with van der Waals surface area (Å²) in [7, 11) is 0. The van der Waals surface area contributed by atoms with Gasteiger partial charge < -0.3 is 20.1 Å². The summed E-state index contributed by atoms with van der Waals surface area (Å²) in [5.41, 5.74) is -1.64. The monoisotopic (exact) mass is 486 g/mol. The van der Waals surface area contributed by atoms with Gasteiger partial charge in [0.25, 0.3) is 0 Å². The molecule has 2 aliphatic carbocycles. The van der Waals surface area contributed by atoms with Gasteiger partial charge in [-0.1, -0.05) is 34.6 Å². The largest absolute Gasteiger partial charge is 0.507 e. The molecule has 1 aromatic rings. The lowest BCUT2D eigenvalue weighted by atomic mass is 9.62. The minimum absolute atomic E-state index is 0.0432. The molecular weight excluding hydrogens is 448 g/mol. The maximum absolute atomic E-state index is 13.4. The maximum atomic E-state index is 13.4. The lowest BCUT2D eigenvalue weighted by Crippen LogP contribution is -2.36. The van der Waals surface area contributed by atoms with Crippen molar-refractivity contribution in [2.45, 2.75) is 79.6 Å². The van der Waals surface area contributed by atoms with Crippen LogP contribution in [0.1, 0.15) is 106 Å². The van der Waals surface area contributed by atoms with Gasteiger partial charge in [-0.2, -0.15) is 0 Å². The van der Waals surface area contributed by atoms with Crippen molar-refractivity contribution < 1.29 is 34.5 Å². The van der Waals surface area contributed by atoms with Crippen LogP contribution in [0.15, 0.2) is 0 Å². The molecule has 0 radical (unpaired) electrons. The van der Waals surface area contributed by atoms with E-state index >= 15 is 0 Å². The molecule has 1 aromatic carbocycles. The van der Waals surface area contributed by atoms with Crippen LogP contribution in [0.3, 0.4) is 0 Å². The van der Waals surface area contributed by atoms with E-state index in [2.05, 4.69) is 13.8 Å². The molecule has 0 bridgehead atoms. The van der Waals surface area contributed by atoms with Gasteiger partial charge in [-0.25, -0.2) is 0 Å². The fourth-order valence-electron chi connectivity index (χ4n) is 6.94. The van der Waals surface area contributed by atoms with E-state index in [1.54, 1.807) is 6.92 Å². The molecular formula is C28H38O7. The molecule has 7 nitrogen and oxygen atoms in total. The summed E-state index contributed by atoms with van der Waals surface area (Å²) in [6, 6.07) is 0. The average Bonchev–Trinajstić information content (AvgIpc) is 3.14. The van der Waals surface area contributed by atoms with Gasteiger partial charge in [-0.3, -0.25) is 14.4 Å². The Balaban J connectivity index is 2.18. The SMILES string of the molecule is CC(=O)CC[C@H]1[C@@H]([C@@H]2C(=O)CC[C@]2(C)[C@H](CC(C)C)c2c(O)c(C=O)c(O)c(C=O)c2O)C1(C)C. The lowest BCUT2D eigenvalue weighted by Gasteiger charge is -2.41. The number of aldehydes is 2. The standard InChI is InChI=1S/C28H38O7/c1-14(2)11-19(21-25(34)16(12-29)24(33)17(13-30)26(21)35)28(6)10-9-20(32)23(28)22-18(27(22,4)5)8-7-15(3)31/h12-14,18-19,22-23,33-35H,7-11H2,1-6H3/t18-,19+,22-,23-,28+/m0/s1. The number of phenolic OH excluding ortho intramolecular Hbond substituents is 3. The molecule has 2 saturated carbocycles. The highest BCUT2D eigenvalue weighted by Crippen LogP contribution is 2.71. The van der Waals surface area contributed by atoms with Crippen LogP contribution in [0.2, 0.25) is 0 Å². The summed E-state index contributed by atoms with van der Waals surface area (Å²) in [4.78, 5) is 48.5. The second-order valence-electron chi connectivity index (χ2n) is 11.8. The van der Waals surface area contributed by atoms with E-state index in [1.807, 2.05) is 20.8 Å². The van der Waals surface area contributed by atoms with Gasteiger partial charge in [0, 0.05) is 24.3 Å². The number of Topliss-reactive ketones (excluding diaryl/α,β-unsaturated/α-hetero) is 2. The smallest absolute Gasteiger partial charge is 0.157 e. The van der Waals surface area contributed by atoms with Crippen LogP contribution in [0, 0.1) is 34.5 Å². The Bertz CT molecular complexity index is 1020. The summed E-state index contributed by atoms with van der Waals surface area (Å²) in [6.45, 7) is 11.8. The number of carbonyl (C=O) groups excluding carboxylic acids is 4. The summed E-state index contributed by atoms with van der Waals surface area (Å²) in [5.74, 6) is -2.13. The third-order valence-corrected chi connectivity index (χ3v) is 8.89. The molecule has 2 fully saturated rings. The van der Waals surface area contributed by atoms with Crippen molar-refractivity contribution in [2.75, 3.05) is 0 Å². The first-order valence-corrected chi connectivity index (χ1v) is 12.5. The number of phenols is 3. The van der Waals surface area contributed by atoms with Gasteiger partial charge in [-0.05, 0) is 60.7 Å². The molecule has 0 amide bonds. The minimum Gasteiger partial charge on any atom is -0.507 e. The van der Waals surface area contributed by atoms with Crippen LogP contribution < -0.4 is 0 Å². The molecule has 2 aliphatic rings. The third kappa shape index (κ3) is 4.38. The Morgan fingerprint density at radius 2 is 1.57 bits per heavy atom. The Morgan fingerprint density at radius 1 is 1.03 bits per heavy atom. The fraction of sp³-hybridized carbons (Fsp3) is 0.643.